The number of carbonyl (C=O) groups is 2. The van der Waals surface area contributed by atoms with E-state index in [-0.39, 0.29) is 16.8 Å². The third-order valence-corrected chi connectivity index (χ3v) is 2.70. The fourth-order valence-corrected chi connectivity index (χ4v) is 1.77. The number of rotatable bonds is 4. The van der Waals surface area contributed by atoms with Gasteiger partial charge in [0.2, 0.25) is 5.78 Å². The molecular weight excluding hydrogens is 258 g/mol. The van der Waals surface area contributed by atoms with Gasteiger partial charge in [0.15, 0.2) is 0 Å². The van der Waals surface area contributed by atoms with Gasteiger partial charge in [0.05, 0.1) is 5.56 Å². The molecule has 0 saturated carbocycles. The molecule has 6 nitrogen and oxygen atoms in total. The summed E-state index contributed by atoms with van der Waals surface area (Å²) in [5.41, 5.74) is 0.391. The Balaban J connectivity index is 2.50. The minimum absolute atomic E-state index is 0.0286. The lowest BCUT2D eigenvalue weighted by atomic mass is 9.97. The molecule has 100 valence electrons. The molecule has 1 aromatic heterocycles. The molecule has 0 saturated heterocycles. The molecule has 0 aliphatic rings. The molecule has 0 radical (unpaired) electrons. The van der Waals surface area contributed by atoms with Crippen molar-refractivity contribution in [1.82, 2.24) is 4.98 Å². The van der Waals surface area contributed by atoms with E-state index in [2.05, 4.69) is 10.1 Å². The number of hydrogen-bond acceptors (Lipinski definition) is 5. The lowest BCUT2D eigenvalue weighted by Crippen LogP contribution is -2.20. The van der Waals surface area contributed by atoms with Gasteiger partial charge in [-0.2, -0.15) is 5.10 Å². The number of Topliss-reactive ketones (excluding diaryl/α,β-unsaturated/α-hetero) is 1. The molecule has 0 fully saturated rings. The van der Waals surface area contributed by atoms with Crippen LogP contribution in [0.15, 0.2) is 53.9 Å². The lowest BCUT2D eigenvalue weighted by molar-refractivity contribution is 0.0696. The van der Waals surface area contributed by atoms with E-state index in [9.17, 15) is 9.59 Å². The zero-order valence-corrected chi connectivity index (χ0v) is 10.4. The van der Waals surface area contributed by atoms with Crippen molar-refractivity contribution in [2.24, 2.45) is 10.9 Å². The third-order valence-electron chi connectivity index (χ3n) is 2.70. The molecule has 0 bridgehead atoms. The highest BCUT2D eigenvalue weighted by Gasteiger charge is 2.21. The molecule has 3 N–H and O–H groups in total. The zero-order chi connectivity index (χ0) is 14.5. The highest BCUT2D eigenvalue weighted by molar-refractivity contribution is 6.52. The average Bonchev–Trinajstić information content (AvgIpc) is 2.49. The fourth-order valence-electron chi connectivity index (χ4n) is 1.77. The fraction of sp³-hybridized carbons (Fsp3) is 0. The molecule has 0 unspecified atom stereocenters. The van der Waals surface area contributed by atoms with Crippen molar-refractivity contribution in [3.05, 3.63) is 65.5 Å². The zero-order valence-electron chi connectivity index (χ0n) is 10.4. The maximum atomic E-state index is 12.3. The molecule has 1 heterocycles. The van der Waals surface area contributed by atoms with E-state index >= 15 is 0 Å². The van der Waals surface area contributed by atoms with Gasteiger partial charge in [-0.15, -0.1) is 0 Å². The normalized spacial score (nSPS) is 11.1. The summed E-state index contributed by atoms with van der Waals surface area (Å²) in [5, 5.41) is 12.6. The van der Waals surface area contributed by atoms with Crippen LogP contribution >= 0.6 is 0 Å². The second-order valence-corrected chi connectivity index (χ2v) is 3.89. The first-order chi connectivity index (χ1) is 9.65. The number of ketones is 1. The molecular formula is C14H11N3O3. The number of carbonyl (C=O) groups excluding carboxylic acids is 1. The van der Waals surface area contributed by atoms with Crippen LogP contribution in [0.5, 0.6) is 0 Å². The summed E-state index contributed by atoms with van der Waals surface area (Å²) >= 11 is 0. The molecule has 20 heavy (non-hydrogen) atoms. The van der Waals surface area contributed by atoms with Crippen LogP contribution in [-0.2, 0) is 0 Å². The lowest BCUT2D eigenvalue weighted by Gasteiger charge is -2.07. The number of aromatic carboxylic acids is 1. The first kappa shape index (κ1) is 13.4. The molecule has 1 aromatic carbocycles. The van der Waals surface area contributed by atoms with Crippen LogP contribution in [0.2, 0.25) is 0 Å². The Bertz CT molecular complexity index is 681. The summed E-state index contributed by atoms with van der Waals surface area (Å²) < 4.78 is 0. The van der Waals surface area contributed by atoms with E-state index in [1.165, 1.54) is 36.7 Å². The van der Waals surface area contributed by atoms with Crippen LogP contribution in [0.1, 0.15) is 26.3 Å². The van der Waals surface area contributed by atoms with Gasteiger partial charge in [-0.05, 0) is 18.2 Å². The van der Waals surface area contributed by atoms with Gasteiger partial charge in [-0.1, -0.05) is 18.2 Å². The third kappa shape index (κ3) is 2.54. The number of hydrogen-bond donors (Lipinski definition) is 2. The summed E-state index contributed by atoms with van der Waals surface area (Å²) in [5.74, 6) is 3.67. The van der Waals surface area contributed by atoms with E-state index in [0.29, 0.717) is 5.56 Å². The summed E-state index contributed by atoms with van der Waals surface area (Å²) in [4.78, 5) is 27.3. The van der Waals surface area contributed by atoms with Gasteiger partial charge in [0.1, 0.15) is 5.71 Å². The van der Waals surface area contributed by atoms with Crippen molar-refractivity contribution in [2.45, 2.75) is 0 Å². The maximum Gasteiger partial charge on any atom is 0.336 e. The van der Waals surface area contributed by atoms with E-state index in [4.69, 9.17) is 10.9 Å². The number of carboxylic acid groups (broad SMARTS) is 1. The van der Waals surface area contributed by atoms with Crippen LogP contribution in [0.25, 0.3) is 0 Å². The topological polar surface area (TPSA) is 106 Å². The summed E-state index contributed by atoms with van der Waals surface area (Å²) in [6.07, 6.45) is 2.93. The monoisotopic (exact) mass is 269 g/mol. The largest absolute Gasteiger partial charge is 0.478 e. The van der Waals surface area contributed by atoms with Crippen LogP contribution in [-0.4, -0.2) is 27.6 Å². The van der Waals surface area contributed by atoms with Crippen molar-refractivity contribution in [3.8, 4) is 0 Å². The molecule has 0 amide bonds. The number of benzene rings is 1. The van der Waals surface area contributed by atoms with Crippen molar-refractivity contribution in [3.63, 3.8) is 0 Å². The summed E-state index contributed by atoms with van der Waals surface area (Å²) in [7, 11) is 0. The van der Waals surface area contributed by atoms with Gasteiger partial charge in [0.25, 0.3) is 0 Å². The number of hydrazone groups is 1. The average molecular weight is 269 g/mol. The van der Waals surface area contributed by atoms with Crippen LogP contribution in [0.3, 0.4) is 0 Å². The molecule has 2 aromatic rings. The maximum absolute atomic E-state index is 12.3. The first-order valence-corrected chi connectivity index (χ1v) is 5.70. The van der Waals surface area contributed by atoms with Gasteiger partial charge < -0.3 is 10.9 Å². The summed E-state index contributed by atoms with van der Waals surface area (Å²) in [6, 6.07) is 9.09. The van der Waals surface area contributed by atoms with Gasteiger partial charge in [0, 0.05) is 23.5 Å². The van der Waals surface area contributed by atoms with Crippen molar-refractivity contribution >= 4 is 17.5 Å². The standard InChI is InChI=1S/C14H11N3O3/c15-17-12(13(18)9-5-7-16-8-6-9)10-3-1-2-4-11(10)14(19)20/h1-8H,15H2,(H,19,20)/b17-12+. The Kier molecular flexibility index (Phi) is 3.85. The predicted molar refractivity (Wildman–Crippen MR) is 72.7 cm³/mol. The van der Waals surface area contributed by atoms with E-state index in [1.807, 2.05) is 0 Å². The van der Waals surface area contributed by atoms with E-state index in [1.54, 1.807) is 12.1 Å². The number of nitrogens with zero attached hydrogens (tertiary/aromatic N) is 2. The number of nitrogens with two attached hydrogens (primary N) is 1. The highest BCUT2D eigenvalue weighted by atomic mass is 16.4. The van der Waals surface area contributed by atoms with Crippen molar-refractivity contribution in [2.75, 3.05) is 0 Å². The number of pyridine rings is 1. The van der Waals surface area contributed by atoms with Crippen molar-refractivity contribution in [1.29, 1.82) is 0 Å². The van der Waals surface area contributed by atoms with Gasteiger partial charge in [-0.3, -0.25) is 9.78 Å². The molecule has 0 atom stereocenters. The Labute approximate surface area is 114 Å². The SMILES string of the molecule is N/N=C(/C(=O)c1ccncc1)c1ccccc1C(=O)O. The van der Waals surface area contributed by atoms with E-state index in [0.717, 1.165) is 0 Å². The second kappa shape index (κ2) is 5.75. The van der Waals surface area contributed by atoms with E-state index < -0.39 is 11.8 Å². The van der Waals surface area contributed by atoms with Crippen LogP contribution in [0.4, 0.5) is 0 Å². The highest BCUT2D eigenvalue weighted by Crippen LogP contribution is 2.13. The molecule has 0 spiro atoms. The molecule has 2 rings (SSSR count). The number of carboxylic acids is 1. The smallest absolute Gasteiger partial charge is 0.336 e. The Morgan fingerprint density at radius 2 is 1.65 bits per heavy atom. The molecule has 0 aliphatic heterocycles. The quantitative estimate of drug-likeness (QED) is 0.377. The molecule has 6 heteroatoms. The first-order valence-electron chi connectivity index (χ1n) is 5.70. The van der Waals surface area contributed by atoms with Crippen LogP contribution in [0, 0.1) is 0 Å². The van der Waals surface area contributed by atoms with Gasteiger partial charge >= 0.3 is 5.97 Å². The second-order valence-electron chi connectivity index (χ2n) is 3.89. The molecule has 0 aliphatic carbocycles. The minimum atomic E-state index is -1.15. The van der Waals surface area contributed by atoms with Gasteiger partial charge in [-0.25, -0.2) is 4.79 Å². The van der Waals surface area contributed by atoms with Crippen LogP contribution < -0.4 is 5.84 Å². The van der Waals surface area contributed by atoms with Crippen molar-refractivity contribution < 1.29 is 14.7 Å². The summed E-state index contributed by atoms with van der Waals surface area (Å²) in [6.45, 7) is 0. The number of aromatic nitrogens is 1. The predicted octanol–water partition coefficient (Wildman–Crippen LogP) is 1.33. The minimum Gasteiger partial charge on any atom is -0.478 e. The Morgan fingerprint density at radius 3 is 2.20 bits per heavy atom. The Morgan fingerprint density at radius 1 is 1.05 bits per heavy atom. The Hall–Kier alpha value is -3.02.